The molecule has 1 fully saturated rings. The van der Waals surface area contributed by atoms with E-state index in [2.05, 4.69) is 16.0 Å². The number of nitrogens with one attached hydrogen (secondary N) is 3. The molecule has 2 amide bonds. The van der Waals surface area contributed by atoms with Crippen molar-refractivity contribution >= 4 is 11.8 Å². The van der Waals surface area contributed by atoms with Gasteiger partial charge in [-0.05, 0) is 31.7 Å². The van der Waals surface area contributed by atoms with Gasteiger partial charge in [-0.25, -0.2) is 0 Å². The third-order valence-electron chi connectivity index (χ3n) is 2.43. The van der Waals surface area contributed by atoms with E-state index in [0.29, 0.717) is 13.1 Å². The SMILES string of the molecule is CCCNC(=O)CNC(=O)CNCC1CC1. The van der Waals surface area contributed by atoms with Crippen molar-refractivity contribution in [2.75, 3.05) is 26.2 Å². The number of rotatable bonds is 8. The van der Waals surface area contributed by atoms with Crippen LogP contribution in [0.5, 0.6) is 0 Å². The second-order valence-electron chi connectivity index (χ2n) is 4.20. The monoisotopic (exact) mass is 227 g/mol. The Balaban J connectivity index is 1.93. The Morgan fingerprint density at radius 2 is 1.81 bits per heavy atom. The molecule has 1 saturated carbocycles. The van der Waals surface area contributed by atoms with Crippen LogP contribution in [-0.4, -0.2) is 38.0 Å². The van der Waals surface area contributed by atoms with Gasteiger partial charge in [-0.15, -0.1) is 0 Å². The summed E-state index contributed by atoms with van der Waals surface area (Å²) in [6.45, 7) is 3.94. The number of carbonyl (C=O) groups is 2. The zero-order chi connectivity index (χ0) is 11.8. The first-order valence-electron chi connectivity index (χ1n) is 5.96. The van der Waals surface area contributed by atoms with Crippen molar-refractivity contribution in [3.8, 4) is 0 Å². The summed E-state index contributed by atoms with van der Waals surface area (Å²) >= 11 is 0. The molecule has 0 saturated heterocycles. The molecule has 92 valence electrons. The Morgan fingerprint density at radius 3 is 2.44 bits per heavy atom. The minimum atomic E-state index is -0.127. The molecule has 0 atom stereocenters. The molecule has 16 heavy (non-hydrogen) atoms. The van der Waals surface area contributed by atoms with Crippen LogP contribution in [0, 0.1) is 5.92 Å². The maximum absolute atomic E-state index is 11.3. The predicted octanol–water partition coefficient (Wildman–Crippen LogP) is -0.372. The second kappa shape index (κ2) is 7.22. The highest BCUT2D eigenvalue weighted by Crippen LogP contribution is 2.27. The standard InChI is InChI=1S/C11H21N3O2/c1-2-5-13-11(16)8-14-10(15)7-12-6-9-3-4-9/h9,12H,2-8H2,1H3,(H,13,16)(H,14,15). The number of hydrogen-bond acceptors (Lipinski definition) is 3. The summed E-state index contributed by atoms with van der Waals surface area (Å²) < 4.78 is 0. The highest BCUT2D eigenvalue weighted by Gasteiger charge is 2.20. The second-order valence-corrected chi connectivity index (χ2v) is 4.20. The van der Waals surface area contributed by atoms with Crippen LogP contribution in [0.1, 0.15) is 26.2 Å². The summed E-state index contributed by atoms with van der Waals surface area (Å²) in [6, 6.07) is 0. The zero-order valence-electron chi connectivity index (χ0n) is 9.84. The molecule has 0 aromatic carbocycles. The van der Waals surface area contributed by atoms with Crippen molar-refractivity contribution in [3.05, 3.63) is 0 Å². The van der Waals surface area contributed by atoms with Crippen LogP contribution >= 0.6 is 0 Å². The summed E-state index contributed by atoms with van der Waals surface area (Å²) in [5.41, 5.74) is 0. The molecule has 1 rings (SSSR count). The first-order chi connectivity index (χ1) is 7.72. The average Bonchev–Trinajstić information content (AvgIpc) is 3.07. The highest BCUT2D eigenvalue weighted by atomic mass is 16.2. The van der Waals surface area contributed by atoms with E-state index in [4.69, 9.17) is 0 Å². The molecular weight excluding hydrogens is 206 g/mol. The lowest BCUT2D eigenvalue weighted by molar-refractivity contribution is -0.125. The molecule has 0 spiro atoms. The highest BCUT2D eigenvalue weighted by molar-refractivity contribution is 5.85. The Kier molecular flexibility index (Phi) is 5.85. The van der Waals surface area contributed by atoms with Crippen LogP contribution < -0.4 is 16.0 Å². The Labute approximate surface area is 96.4 Å². The van der Waals surface area contributed by atoms with Crippen LogP contribution in [0.4, 0.5) is 0 Å². The molecule has 0 heterocycles. The van der Waals surface area contributed by atoms with Crippen LogP contribution in [-0.2, 0) is 9.59 Å². The molecule has 0 aliphatic heterocycles. The van der Waals surface area contributed by atoms with Crippen molar-refractivity contribution < 1.29 is 9.59 Å². The molecule has 1 aliphatic rings. The zero-order valence-corrected chi connectivity index (χ0v) is 9.84. The van der Waals surface area contributed by atoms with E-state index >= 15 is 0 Å². The maximum Gasteiger partial charge on any atom is 0.239 e. The molecule has 0 aromatic rings. The quantitative estimate of drug-likeness (QED) is 0.530. The Morgan fingerprint density at radius 1 is 1.12 bits per heavy atom. The fourth-order valence-corrected chi connectivity index (χ4v) is 1.28. The van der Waals surface area contributed by atoms with Gasteiger partial charge < -0.3 is 16.0 Å². The predicted molar refractivity (Wildman–Crippen MR) is 61.9 cm³/mol. The van der Waals surface area contributed by atoms with E-state index in [1.807, 2.05) is 6.92 Å². The molecule has 5 nitrogen and oxygen atoms in total. The molecule has 3 N–H and O–H groups in total. The van der Waals surface area contributed by atoms with Crippen molar-refractivity contribution in [1.82, 2.24) is 16.0 Å². The van der Waals surface area contributed by atoms with Gasteiger partial charge in [-0.1, -0.05) is 6.92 Å². The number of hydrogen-bond donors (Lipinski definition) is 3. The summed E-state index contributed by atoms with van der Waals surface area (Å²) in [5, 5.41) is 8.34. The molecule has 0 aromatic heterocycles. The number of carbonyl (C=O) groups excluding carboxylic acids is 2. The van der Waals surface area contributed by atoms with Gasteiger partial charge in [0.15, 0.2) is 0 Å². The van der Waals surface area contributed by atoms with Crippen molar-refractivity contribution in [3.63, 3.8) is 0 Å². The molecule has 0 bridgehead atoms. The van der Waals surface area contributed by atoms with Gasteiger partial charge in [0.05, 0.1) is 13.1 Å². The van der Waals surface area contributed by atoms with E-state index < -0.39 is 0 Å². The lowest BCUT2D eigenvalue weighted by atomic mass is 10.4. The van der Waals surface area contributed by atoms with Crippen molar-refractivity contribution in [1.29, 1.82) is 0 Å². The van der Waals surface area contributed by atoms with Gasteiger partial charge in [0.25, 0.3) is 0 Å². The Hall–Kier alpha value is -1.10. The van der Waals surface area contributed by atoms with Crippen LogP contribution in [0.2, 0.25) is 0 Å². The van der Waals surface area contributed by atoms with Gasteiger partial charge in [0, 0.05) is 6.54 Å². The first kappa shape index (κ1) is 13.0. The lowest BCUT2D eigenvalue weighted by Crippen LogP contribution is -2.41. The summed E-state index contributed by atoms with van der Waals surface area (Å²) in [5.74, 6) is 0.519. The molecule has 5 heteroatoms. The lowest BCUT2D eigenvalue weighted by Gasteiger charge is -2.06. The minimum Gasteiger partial charge on any atom is -0.355 e. The fraction of sp³-hybridized carbons (Fsp3) is 0.818. The molecule has 0 radical (unpaired) electrons. The molecular formula is C11H21N3O2. The first-order valence-corrected chi connectivity index (χ1v) is 5.96. The van der Waals surface area contributed by atoms with E-state index in [1.165, 1.54) is 12.8 Å². The minimum absolute atomic E-state index is 0.0734. The van der Waals surface area contributed by atoms with Gasteiger partial charge in [-0.2, -0.15) is 0 Å². The van der Waals surface area contributed by atoms with E-state index in [1.54, 1.807) is 0 Å². The van der Waals surface area contributed by atoms with Gasteiger partial charge >= 0.3 is 0 Å². The summed E-state index contributed by atoms with van der Waals surface area (Å²) in [6.07, 6.45) is 3.45. The largest absolute Gasteiger partial charge is 0.355 e. The summed E-state index contributed by atoms with van der Waals surface area (Å²) in [4.78, 5) is 22.4. The maximum atomic E-state index is 11.3. The van der Waals surface area contributed by atoms with Crippen LogP contribution in [0.15, 0.2) is 0 Å². The van der Waals surface area contributed by atoms with Gasteiger partial charge in [-0.3, -0.25) is 9.59 Å². The van der Waals surface area contributed by atoms with Crippen molar-refractivity contribution in [2.24, 2.45) is 5.92 Å². The van der Waals surface area contributed by atoms with Crippen LogP contribution in [0.3, 0.4) is 0 Å². The summed E-state index contributed by atoms with van der Waals surface area (Å²) in [7, 11) is 0. The van der Waals surface area contributed by atoms with Gasteiger partial charge in [0.2, 0.25) is 11.8 Å². The number of amides is 2. The fourth-order valence-electron chi connectivity index (χ4n) is 1.28. The van der Waals surface area contributed by atoms with Crippen LogP contribution in [0.25, 0.3) is 0 Å². The van der Waals surface area contributed by atoms with E-state index in [0.717, 1.165) is 18.9 Å². The average molecular weight is 227 g/mol. The smallest absolute Gasteiger partial charge is 0.239 e. The van der Waals surface area contributed by atoms with Crippen molar-refractivity contribution in [2.45, 2.75) is 26.2 Å². The third kappa shape index (κ3) is 6.40. The Bertz CT molecular complexity index is 239. The normalized spacial score (nSPS) is 14.6. The van der Waals surface area contributed by atoms with E-state index in [-0.39, 0.29) is 18.4 Å². The topological polar surface area (TPSA) is 70.2 Å². The van der Waals surface area contributed by atoms with E-state index in [9.17, 15) is 9.59 Å². The molecule has 0 unspecified atom stereocenters. The van der Waals surface area contributed by atoms with Gasteiger partial charge in [0.1, 0.15) is 0 Å². The third-order valence-corrected chi connectivity index (χ3v) is 2.43. The molecule has 1 aliphatic carbocycles.